The van der Waals surface area contributed by atoms with Gasteiger partial charge in [0.25, 0.3) is 5.56 Å². The molecule has 11 heteroatoms. The Morgan fingerprint density at radius 1 is 1.08 bits per heavy atom. The van der Waals surface area contributed by atoms with E-state index < -0.39 is 12.0 Å². The van der Waals surface area contributed by atoms with Crippen molar-refractivity contribution in [3.63, 3.8) is 0 Å². The monoisotopic (exact) mass is 543 g/mol. The highest BCUT2D eigenvalue weighted by Crippen LogP contribution is 2.35. The molecule has 5 rings (SSSR count). The average Bonchev–Trinajstić information content (AvgIpc) is 3.51. The zero-order valence-corrected chi connectivity index (χ0v) is 23.0. The maximum absolute atomic E-state index is 13.5. The maximum atomic E-state index is 13.5. The van der Waals surface area contributed by atoms with Gasteiger partial charge in [-0.1, -0.05) is 43.9 Å². The Bertz CT molecular complexity index is 1330. The Balaban J connectivity index is 1.35. The van der Waals surface area contributed by atoms with Crippen LogP contribution < -0.4 is 10.9 Å². The van der Waals surface area contributed by atoms with Crippen molar-refractivity contribution in [2.75, 3.05) is 5.32 Å². The minimum Gasteiger partial charge on any atom is -0.458 e. The second kappa shape index (κ2) is 11.4. The van der Waals surface area contributed by atoms with Crippen LogP contribution in [0.3, 0.4) is 0 Å². The van der Waals surface area contributed by atoms with E-state index in [1.165, 1.54) is 59.3 Å². The van der Waals surface area contributed by atoms with Gasteiger partial charge in [0, 0.05) is 5.92 Å². The fourth-order valence-corrected chi connectivity index (χ4v) is 7.38. The topological polar surface area (TPSA) is 116 Å². The molecule has 1 atom stereocenters. The highest BCUT2D eigenvalue weighted by molar-refractivity contribution is 7.20. The van der Waals surface area contributed by atoms with E-state index in [4.69, 9.17) is 4.74 Å². The van der Waals surface area contributed by atoms with Crippen molar-refractivity contribution in [3.05, 3.63) is 32.1 Å². The van der Waals surface area contributed by atoms with Gasteiger partial charge in [-0.15, -0.1) is 21.5 Å². The van der Waals surface area contributed by atoms with Gasteiger partial charge in [0.15, 0.2) is 0 Å². The predicted molar refractivity (Wildman–Crippen MR) is 145 cm³/mol. The number of hydrogen-bond acceptors (Lipinski definition) is 9. The van der Waals surface area contributed by atoms with E-state index in [2.05, 4.69) is 20.5 Å². The lowest BCUT2D eigenvalue weighted by Crippen LogP contribution is -2.33. The fraction of sp³-hybridized carbons (Fsp3) is 0.615. The second-order valence-corrected chi connectivity index (χ2v) is 12.1. The summed E-state index contributed by atoms with van der Waals surface area (Å²) in [5.74, 6) is -0.316. The lowest BCUT2D eigenvalue weighted by atomic mass is 9.90. The Labute approximate surface area is 223 Å². The summed E-state index contributed by atoms with van der Waals surface area (Å²) in [6.07, 6.45) is 12.7. The van der Waals surface area contributed by atoms with Crippen LogP contribution in [0.5, 0.6) is 0 Å². The molecule has 2 aliphatic carbocycles. The van der Waals surface area contributed by atoms with E-state index in [1.807, 2.05) is 6.92 Å². The molecule has 0 radical (unpaired) electrons. The van der Waals surface area contributed by atoms with Crippen molar-refractivity contribution in [2.45, 2.75) is 103 Å². The summed E-state index contributed by atoms with van der Waals surface area (Å²) in [4.78, 5) is 44.9. The van der Waals surface area contributed by atoms with Crippen LogP contribution >= 0.6 is 22.7 Å². The number of nitrogens with one attached hydrogen (secondary N) is 1. The van der Waals surface area contributed by atoms with Crippen LogP contribution in [-0.4, -0.2) is 37.7 Å². The molecule has 2 aliphatic rings. The third kappa shape index (κ3) is 5.47. The molecular formula is C26H33N5O4S2. The summed E-state index contributed by atoms with van der Waals surface area (Å²) < 4.78 is 7.09. The molecule has 198 valence electrons. The third-order valence-corrected chi connectivity index (χ3v) is 9.72. The third-order valence-electron chi connectivity index (χ3n) is 7.54. The van der Waals surface area contributed by atoms with Crippen molar-refractivity contribution in [1.29, 1.82) is 0 Å². The summed E-state index contributed by atoms with van der Waals surface area (Å²) in [5.41, 5.74) is 0.224. The van der Waals surface area contributed by atoms with Gasteiger partial charge < -0.3 is 4.74 Å². The van der Waals surface area contributed by atoms with E-state index in [9.17, 15) is 14.4 Å². The van der Waals surface area contributed by atoms with Gasteiger partial charge >= 0.3 is 5.97 Å². The largest absolute Gasteiger partial charge is 0.458 e. The van der Waals surface area contributed by atoms with Crippen molar-refractivity contribution in [3.8, 4) is 0 Å². The Hall–Kier alpha value is -2.66. The lowest BCUT2D eigenvalue weighted by Gasteiger charge is -2.21. The number of esters is 1. The van der Waals surface area contributed by atoms with E-state index in [0.717, 1.165) is 43.5 Å². The fourth-order valence-electron chi connectivity index (χ4n) is 5.44. The van der Waals surface area contributed by atoms with Crippen LogP contribution in [0.15, 0.2) is 11.1 Å². The SMILES string of the molecule is CCC(C(=O)Nc1nnc(C2CCCCC2)s1)n1cnc2sc(C(=O)OC3CCCCC3)c(C)c2c1=O. The first-order chi connectivity index (χ1) is 18.0. The molecule has 2 fully saturated rings. The molecule has 1 N–H and O–H groups in total. The molecule has 3 heterocycles. The number of thiophene rings is 1. The van der Waals surface area contributed by atoms with Crippen molar-refractivity contribution >= 4 is 49.9 Å². The summed E-state index contributed by atoms with van der Waals surface area (Å²) in [7, 11) is 0. The molecule has 1 amide bonds. The number of fused-ring (bicyclic) bond motifs is 1. The van der Waals surface area contributed by atoms with Gasteiger partial charge in [0.05, 0.1) is 11.7 Å². The standard InChI is InChI=1S/C26H33N5O4S2/c1-3-18(21(32)28-26-30-29-22(37-26)16-10-6-4-7-11-16)31-14-27-23-19(24(31)33)15(2)20(36-23)25(34)35-17-12-8-5-9-13-17/h14,16-18H,3-13H2,1-2H3,(H,28,30,32). The minimum absolute atomic E-state index is 0.0670. The number of aromatic nitrogens is 4. The van der Waals surface area contributed by atoms with E-state index >= 15 is 0 Å². The molecule has 1 unspecified atom stereocenters. The number of amides is 1. The van der Waals surface area contributed by atoms with Crippen LogP contribution in [0.4, 0.5) is 5.13 Å². The minimum atomic E-state index is -0.761. The summed E-state index contributed by atoms with van der Waals surface area (Å²) in [6.45, 7) is 3.60. The number of nitrogens with zero attached hydrogens (tertiary/aromatic N) is 4. The number of hydrogen-bond donors (Lipinski definition) is 1. The second-order valence-electron chi connectivity index (χ2n) is 10.1. The van der Waals surface area contributed by atoms with Crippen LogP contribution in [0.2, 0.25) is 0 Å². The first kappa shape index (κ1) is 26.0. The van der Waals surface area contributed by atoms with Gasteiger partial charge in [-0.3, -0.25) is 19.5 Å². The molecule has 0 saturated heterocycles. The number of carbonyl (C=O) groups is 2. The van der Waals surface area contributed by atoms with Crippen molar-refractivity contribution in [1.82, 2.24) is 19.7 Å². The molecular weight excluding hydrogens is 510 g/mol. The van der Waals surface area contributed by atoms with E-state index in [1.54, 1.807) is 6.92 Å². The molecule has 9 nitrogen and oxygen atoms in total. The summed E-state index contributed by atoms with van der Waals surface area (Å²) in [5, 5.41) is 13.1. The lowest BCUT2D eigenvalue weighted by molar-refractivity contribution is -0.119. The van der Waals surface area contributed by atoms with E-state index in [-0.39, 0.29) is 17.6 Å². The summed E-state index contributed by atoms with van der Waals surface area (Å²) >= 11 is 2.59. The molecule has 0 aromatic carbocycles. The highest BCUT2D eigenvalue weighted by Gasteiger charge is 2.28. The number of aryl methyl sites for hydroxylation is 1. The molecule has 2 saturated carbocycles. The van der Waals surface area contributed by atoms with Gasteiger partial charge in [0.1, 0.15) is 26.9 Å². The van der Waals surface area contributed by atoms with Crippen LogP contribution in [0.1, 0.15) is 110 Å². The van der Waals surface area contributed by atoms with Crippen LogP contribution in [0.25, 0.3) is 10.2 Å². The van der Waals surface area contributed by atoms with Gasteiger partial charge in [-0.25, -0.2) is 9.78 Å². The zero-order valence-electron chi connectivity index (χ0n) is 21.3. The van der Waals surface area contributed by atoms with Crippen molar-refractivity contribution in [2.24, 2.45) is 0 Å². The number of ether oxygens (including phenoxy) is 1. The molecule has 0 aliphatic heterocycles. The quantitative estimate of drug-likeness (QED) is 0.377. The first-order valence-corrected chi connectivity index (χ1v) is 14.9. The molecule has 0 spiro atoms. The normalized spacial score (nSPS) is 18.1. The highest BCUT2D eigenvalue weighted by atomic mass is 32.1. The number of carbonyl (C=O) groups excluding carboxylic acids is 2. The predicted octanol–water partition coefficient (Wildman–Crippen LogP) is 5.74. The van der Waals surface area contributed by atoms with Gasteiger partial charge in [-0.05, 0) is 57.4 Å². The number of rotatable bonds is 7. The smallest absolute Gasteiger partial charge is 0.348 e. The first-order valence-electron chi connectivity index (χ1n) is 13.3. The zero-order chi connectivity index (χ0) is 25.9. The van der Waals surface area contributed by atoms with Gasteiger partial charge in [0.2, 0.25) is 11.0 Å². The molecule has 3 aromatic heterocycles. The average molecular weight is 544 g/mol. The molecule has 37 heavy (non-hydrogen) atoms. The Morgan fingerprint density at radius 2 is 1.78 bits per heavy atom. The van der Waals surface area contributed by atoms with Gasteiger partial charge in [-0.2, -0.15) is 0 Å². The van der Waals surface area contributed by atoms with Crippen LogP contribution in [-0.2, 0) is 9.53 Å². The number of anilines is 1. The molecule has 3 aromatic rings. The Morgan fingerprint density at radius 3 is 2.49 bits per heavy atom. The Kier molecular flexibility index (Phi) is 7.99. The van der Waals surface area contributed by atoms with Crippen molar-refractivity contribution < 1.29 is 14.3 Å². The van der Waals surface area contributed by atoms with E-state index in [0.29, 0.717) is 38.1 Å². The summed E-state index contributed by atoms with van der Waals surface area (Å²) in [6, 6.07) is -0.761. The maximum Gasteiger partial charge on any atom is 0.348 e. The van der Waals surface area contributed by atoms with Crippen LogP contribution in [0, 0.1) is 6.92 Å². The molecule has 0 bridgehead atoms.